The van der Waals surface area contributed by atoms with Gasteiger partial charge in [0.1, 0.15) is 0 Å². The van der Waals surface area contributed by atoms with Crippen molar-refractivity contribution in [3.8, 4) is 11.5 Å². The van der Waals surface area contributed by atoms with Gasteiger partial charge in [-0.15, -0.1) is 0 Å². The monoisotopic (exact) mass is 280 g/mol. The lowest BCUT2D eigenvalue weighted by atomic mass is 10.2. The second-order valence-electron chi connectivity index (χ2n) is 3.91. The van der Waals surface area contributed by atoms with Crippen LogP contribution in [0.25, 0.3) is 0 Å². The summed E-state index contributed by atoms with van der Waals surface area (Å²) < 4.78 is 15.7. The summed E-state index contributed by atoms with van der Waals surface area (Å²) in [5.41, 5.74) is 0.725. The first kappa shape index (κ1) is 15.8. The minimum Gasteiger partial charge on any atom is -0.493 e. The van der Waals surface area contributed by atoms with E-state index in [2.05, 4.69) is 5.10 Å². The SMILES string of the molecule is CCOC(=O)CCCOc1c(C=NN)cccc1OC. The predicted molar refractivity (Wildman–Crippen MR) is 76.1 cm³/mol. The lowest BCUT2D eigenvalue weighted by molar-refractivity contribution is -0.143. The summed E-state index contributed by atoms with van der Waals surface area (Å²) in [5, 5.41) is 3.49. The van der Waals surface area contributed by atoms with Gasteiger partial charge in [-0.05, 0) is 25.5 Å². The van der Waals surface area contributed by atoms with Crippen LogP contribution >= 0.6 is 0 Å². The molecule has 110 valence electrons. The van der Waals surface area contributed by atoms with Crippen LogP contribution in [0, 0.1) is 0 Å². The molecule has 1 aromatic rings. The van der Waals surface area contributed by atoms with Crippen molar-refractivity contribution in [1.82, 2.24) is 0 Å². The van der Waals surface area contributed by atoms with Gasteiger partial charge in [-0.1, -0.05) is 6.07 Å². The molecule has 0 fully saturated rings. The van der Waals surface area contributed by atoms with Crippen LogP contribution in [0.1, 0.15) is 25.3 Å². The Morgan fingerprint density at radius 2 is 2.25 bits per heavy atom. The van der Waals surface area contributed by atoms with Gasteiger partial charge in [0.2, 0.25) is 0 Å². The first-order valence-corrected chi connectivity index (χ1v) is 6.41. The van der Waals surface area contributed by atoms with E-state index in [4.69, 9.17) is 20.1 Å². The number of hydrogen-bond acceptors (Lipinski definition) is 6. The highest BCUT2D eigenvalue weighted by Gasteiger charge is 2.09. The Bertz CT molecular complexity index is 460. The molecule has 0 aliphatic heterocycles. The molecular weight excluding hydrogens is 260 g/mol. The van der Waals surface area contributed by atoms with Crippen LogP contribution in [0.15, 0.2) is 23.3 Å². The molecule has 0 aliphatic rings. The number of carbonyl (C=O) groups is 1. The highest BCUT2D eigenvalue weighted by atomic mass is 16.5. The van der Waals surface area contributed by atoms with Crippen molar-refractivity contribution in [3.05, 3.63) is 23.8 Å². The minimum absolute atomic E-state index is 0.222. The van der Waals surface area contributed by atoms with E-state index in [0.717, 1.165) is 5.56 Å². The van der Waals surface area contributed by atoms with Gasteiger partial charge in [0.25, 0.3) is 0 Å². The van der Waals surface area contributed by atoms with Crippen molar-refractivity contribution >= 4 is 12.2 Å². The van der Waals surface area contributed by atoms with E-state index < -0.39 is 0 Å². The summed E-state index contributed by atoms with van der Waals surface area (Å²) >= 11 is 0. The summed E-state index contributed by atoms with van der Waals surface area (Å²) in [4.78, 5) is 11.2. The van der Waals surface area contributed by atoms with Gasteiger partial charge in [-0.3, -0.25) is 4.79 Å². The molecule has 0 saturated carbocycles. The molecule has 1 rings (SSSR count). The lowest BCUT2D eigenvalue weighted by Crippen LogP contribution is -2.08. The molecule has 6 nitrogen and oxygen atoms in total. The number of methoxy groups -OCH3 is 1. The average Bonchev–Trinajstić information content (AvgIpc) is 2.45. The van der Waals surface area contributed by atoms with Crippen molar-refractivity contribution in [2.24, 2.45) is 10.9 Å². The number of ether oxygens (including phenoxy) is 3. The van der Waals surface area contributed by atoms with Crippen molar-refractivity contribution < 1.29 is 19.0 Å². The molecule has 2 N–H and O–H groups in total. The lowest BCUT2D eigenvalue weighted by Gasteiger charge is -2.12. The number of nitrogens with two attached hydrogens (primary N) is 1. The second kappa shape index (κ2) is 8.79. The predicted octanol–water partition coefficient (Wildman–Crippen LogP) is 1.71. The highest BCUT2D eigenvalue weighted by molar-refractivity contribution is 5.84. The van der Waals surface area contributed by atoms with E-state index in [1.54, 1.807) is 20.1 Å². The van der Waals surface area contributed by atoms with Gasteiger partial charge >= 0.3 is 5.97 Å². The first-order chi connectivity index (χ1) is 9.72. The van der Waals surface area contributed by atoms with Crippen molar-refractivity contribution in [2.75, 3.05) is 20.3 Å². The zero-order chi connectivity index (χ0) is 14.8. The largest absolute Gasteiger partial charge is 0.493 e. The molecule has 0 atom stereocenters. The Balaban J connectivity index is 2.60. The Morgan fingerprint density at radius 1 is 1.45 bits per heavy atom. The second-order valence-corrected chi connectivity index (χ2v) is 3.91. The van der Waals surface area contributed by atoms with Gasteiger partial charge < -0.3 is 20.1 Å². The van der Waals surface area contributed by atoms with Gasteiger partial charge in [0, 0.05) is 12.0 Å². The quantitative estimate of drug-likeness (QED) is 0.258. The number of hydrazone groups is 1. The molecular formula is C14H20N2O4. The highest BCUT2D eigenvalue weighted by Crippen LogP contribution is 2.30. The van der Waals surface area contributed by atoms with Crippen LogP contribution in [0.3, 0.4) is 0 Å². The van der Waals surface area contributed by atoms with Crippen LogP contribution < -0.4 is 15.3 Å². The summed E-state index contributed by atoms with van der Waals surface area (Å²) in [6.07, 6.45) is 2.38. The van der Waals surface area contributed by atoms with E-state index in [1.807, 2.05) is 12.1 Å². The number of rotatable bonds is 8. The number of hydrogen-bond donors (Lipinski definition) is 1. The van der Waals surface area contributed by atoms with Crippen LogP contribution in [-0.4, -0.2) is 32.5 Å². The fourth-order valence-electron chi connectivity index (χ4n) is 1.65. The van der Waals surface area contributed by atoms with E-state index in [9.17, 15) is 4.79 Å². The van der Waals surface area contributed by atoms with E-state index in [1.165, 1.54) is 6.21 Å². The Morgan fingerprint density at radius 3 is 2.90 bits per heavy atom. The van der Waals surface area contributed by atoms with Gasteiger partial charge in [0.05, 0.1) is 26.5 Å². The van der Waals surface area contributed by atoms with Crippen LogP contribution in [0.5, 0.6) is 11.5 Å². The fraction of sp³-hybridized carbons (Fsp3) is 0.429. The van der Waals surface area contributed by atoms with Crippen LogP contribution in [0.4, 0.5) is 0 Å². The first-order valence-electron chi connectivity index (χ1n) is 6.41. The molecule has 0 radical (unpaired) electrons. The molecule has 0 spiro atoms. The smallest absolute Gasteiger partial charge is 0.305 e. The third-order valence-corrected chi connectivity index (χ3v) is 2.52. The van der Waals surface area contributed by atoms with E-state index in [0.29, 0.717) is 37.6 Å². The maximum atomic E-state index is 11.2. The molecule has 6 heteroatoms. The minimum atomic E-state index is -0.222. The number of benzene rings is 1. The Kier molecular flexibility index (Phi) is 6.95. The van der Waals surface area contributed by atoms with Crippen molar-refractivity contribution in [1.29, 1.82) is 0 Å². The topological polar surface area (TPSA) is 83.1 Å². The molecule has 0 amide bonds. The third-order valence-electron chi connectivity index (χ3n) is 2.52. The maximum Gasteiger partial charge on any atom is 0.305 e. The zero-order valence-corrected chi connectivity index (χ0v) is 11.8. The summed E-state index contributed by atoms with van der Waals surface area (Å²) in [6.45, 7) is 2.55. The molecule has 0 heterocycles. The molecule has 1 aromatic carbocycles. The zero-order valence-electron chi connectivity index (χ0n) is 11.8. The van der Waals surface area contributed by atoms with E-state index in [-0.39, 0.29) is 5.97 Å². The summed E-state index contributed by atoms with van der Waals surface area (Å²) in [5.74, 6) is 6.10. The summed E-state index contributed by atoms with van der Waals surface area (Å²) in [7, 11) is 1.56. The maximum absolute atomic E-state index is 11.2. The standard InChI is InChI=1S/C14H20N2O4/c1-3-19-13(17)8-5-9-20-14-11(10-16-15)6-4-7-12(14)18-2/h4,6-7,10H,3,5,8-9,15H2,1-2H3. The number of esters is 1. The molecule has 0 saturated heterocycles. The number of para-hydroxylation sites is 1. The van der Waals surface area contributed by atoms with E-state index >= 15 is 0 Å². The van der Waals surface area contributed by atoms with Gasteiger partial charge in [0.15, 0.2) is 11.5 Å². The Hall–Kier alpha value is -2.24. The van der Waals surface area contributed by atoms with Crippen LogP contribution in [0.2, 0.25) is 0 Å². The van der Waals surface area contributed by atoms with Gasteiger partial charge in [-0.2, -0.15) is 5.10 Å². The fourth-order valence-corrected chi connectivity index (χ4v) is 1.65. The van der Waals surface area contributed by atoms with Crippen LogP contribution in [-0.2, 0) is 9.53 Å². The molecule has 0 bridgehead atoms. The molecule has 20 heavy (non-hydrogen) atoms. The molecule has 0 unspecified atom stereocenters. The third kappa shape index (κ3) is 4.79. The summed E-state index contributed by atoms with van der Waals surface area (Å²) in [6, 6.07) is 5.43. The molecule has 0 aliphatic carbocycles. The molecule has 0 aromatic heterocycles. The number of carbonyl (C=O) groups excluding carboxylic acids is 1. The average molecular weight is 280 g/mol. The van der Waals surface area contributed by atoms with Crippen molar-refractivity contribution in [3.63, 3.8) is 0 Å². The van der Waals surface area contributed by atoms with Gasteiger partial charge in [-0.25, -0.2) is 0 Å². The normalized spacial score (nSPS) is 10.5. The van der Waals surface area contributed by atoms with Crippen molar-refractivity contribution in [2.45, 2.75) is 19.8 Å². The number of nitrogens with zero attached hydrogens (tertiary/aromatic N) is 1. The Labute approximate surface area is 118 Å².